The summed E-state index contributed by atoms with van der Waals surface area (Å²) in [6, 6.07) is 20.2. The van der Waals surface area contributed by atoms with Crippen LogP contribution in [-0.2, 0) is 14.8 Å². The normalized spacial score (nSPS) is 11.2. The van der Waals surface area contributed by atoms with E-state index in [0.29, 0.717) is 17.8 Å². The van der Waals surface area contributed by atoms with Gasteiger partial charge in [-0.15, -0.1) is 12.4 Å². The lowest BCUT2D eigenvalue weighted by atomic mass is 10.1. The molecule has 0 bridgehead atoms. The number of rotatable bonds is 6. The third-order valence-electron chi connectivity index (χ3n) is 5.10. The van der Waals surface area contributed by atoms with Gasteiger partial charge in [-0.25, -0.2) is 17.7 Å². The number of hydrogen-bond acceptors (Lipinski definition) is 6. The number of carbonyl (C=O) groups excluding carboxylic acids is 1. The molecule has 0 spiro atoms. The molecule has 0 aliphatic heterocycles. The van der Waals surface area contributed by atoms with Crippen molar-refractivity contribution in [3.8, 4) is 0 Å². The third kappa shape index (κ3) is 5.02. The average Bonchev–Trinajstić information content (AvgIpc) is 2.74. The van der Waals surface area contributed by atoms with Crippen molar-refractivity contribution in [2.24, 2.45) is 0 Å². The highest BCUT2D eigenvalue weighted by atomic mass is 35.5. The van der Waals surface area contributed by atoms with E-state index in [-0.39, 0.29) is 18.8 Å². The van der Waals surface area contributed by atoms with Crippen LogP contribution in [0, 0.1) is 0 Å². The lowest BCUT2D eigenvalue weighted by molar-refractivity contribution is -0.117. The van der Waals surface area contributed by atoms with Gasteiger partial charge in [0.1, 0.15) is 0 Å². The summed E-state index contributed by atoms with van der Waals surface area (Å²) in [6.45, 7) is 1.84. The summed E-state index contributed by atoms with van der Waals surface area (Å²) in [6.07, 6.45) is 1.76. The number of benzene rings is 3. The van der Waals surface area contributed by atoms with Gasteiger partial charge in [0, 0.05) is 28.6 Å². The van der Waals surface area contributed by atoms with E-state index >= 15 is 0 Å². The van der Waals surface area contributed by atoms with Gasteiger partial charge in [-0.1, -0.05) is 25.1 Å². The molecule has 3 aromatic carbocycles. The van der Waals surface area contributed by atoms with Gasteiger partial charge in [-0.2, -0.15) is 0 Å². The van der Waals surface area contributed by atoms with Crippen LogP contribution in [-0.4, -0.2) is 25.6 Å². The van der Waals surface area contributed by atoms with Crippen LogP contribution in [0.15, 0.2) is 66.7 Å². The first-order valence-corrected chi connectivity index (χ1v) is 12.1. The molecule has 9 heteroatoms. The molecule has 0 fully saturated rings. The monoisotopic (exact) mass is 484 g/mol. The fourth-order valence-electron chi connectivity index (χ4n) is 3.70. The Labute approximate surface area is 199 Å². The topological polar surface area (TPSA) is 105 Å². The van der Waals surface area contributed by atoms with Crippen LogP contribution < -0.4 is 15.4 Å². The van der Waals surface area contributed by atoms with Crippen LogP contribution in [0.3, 0.4) is 0 Å². The molecule has 4 aromatic rings. The summed E-state index contributed by atoms with van der Waals surface area (Å²) < 4.78 is 25.3. The highest BCUT2D eigenvalue weighted by Gasteiger charge is 2.24. The molecule has 172 valence electrons. The summed E-state index contributed by atoms with van der Waals surface area (Å²) in [7, 11) is -3.73. The number of pyridine rings is 1. The summed E-state index contributed by atoms with van der Waals surface area (Å²) in [5.74, 6) is -0.445. The molecule has 0 atom stereocenters. The Hall–Kier alpha value is -3.36. The molecule has 0 unspecified atom stereocenters. The number of hydrogen-bond donors (Lipinski definition) is 2. The molecule has 1 heterocycles. The summed E-state index contributed by atoms with van der Waals surface area (Å²) >= 11 is 0. The predicted octanol–water partition coefficient (Wildman–Crippen LogP) is 5.23. The Bertz CT molecular complexity index is 1420. The van der Waals surface area contributed by atoms with E-state index in [4.69, 9.17) is 10.7 Å². The first-order valence-electron chi connectivity index (χ1n) is 10.3. The van der Waals surface area contributed by atoms with E-state index in [9.17, 15) is 13.2 Å². The minimum absolute atomic E-state index is 0. The molecule has 0 radical (unpaired) electrons. The van der Waals surface area contributed by atoms with Gasteiger partial charge in [0.15, 0.2) is 0 Å². The van der Waals surface area contributed by atoms with Gasteiger partial charge >= 0.3 is 0 Å². The maximum absolute atomic E-state index is 12.4. The van der Waals surface area contributed by atoms with Crippen LogP contribution in [0.2, 0.25) is 0 Å². The first-order chi connectivity index (χ1) is 15.3. The lowest BCUT2D eigenvalue weighted by Gasteiger charge is -2.21. The second-order valence-electron chi connectivity index (χ2n) is 7.62. The number of anilines is 4. The average molecular weight is 485 g/mol. The lowest BCUT2D eigenvalue weighted by Crippen LogP contribution is -2.35. The zero-order valence-electron chi connectivity index (χ0n) is 18.3. The quantitative estimate of drug-likeness (QED) is 0.287. The number of nitrogens with two attached hydrogens (primary N) is 1. The van der Waals surface area contributed by atoms with Crippen molar-refractivity contribution in [3.05, 3.63) is 66.7 Å². The molecule has 4 rings (SSSR count). The number of amides is 1. The van der Waals surface area contributed by atoms with E-state index in [0.717, 1.165) is 43.7 Å². The largest absolute Gasteiger partial charge is 0.399 e. The number of fused-ring (bicyclic) bond motifs is 2. The van der Waals surface area contributed by atoms with Crippen molar-refractivity contribution < 1.29 is 13.2 Å². The van der Waals surface area contributed by atoms with Crippen molar-refractivity contribution in [3.63, 3.8) is 0 Å². The Morgan fingerprint density at radius 1 is 1.00 bits per heavy atom. The first kappa shape index (κ1) is 24.3. The number of nitrogens with zero attached hydrogens (tertiary/aromatic N) is 2. The molecule has 0 saturated carbocycles. The van der Waals surface area contributed by atoms with Crippen LogP contribution in [0.1, 0.15) is 19.8 Å². The molecule has 33 heavy (non-hydrogen) atoms. The summed E-state index contributed by atoms with van der Waals surface area (Å²) in [4.78, 5) is 17.1. The molecule has 0 saturated heterocycles. The van der Waals surface area contributed by atoms with Gasteiger partial charge < -0.3 is 11.1 Å². The number of sulfonamides is 1. The molecular weight excluding hydrogens is 460 g/mol. The SMILES string of the molecule is CCCC(=O)N(c1ccc(Nc2c3ccccc3nc3cc(N)ccc23)cc1)S(C)(=O)=O.Cl. The van der Waals surface area contributed by atoms with Crippen molar-refractivity contribution in [1.29, 1.82) is 0 Å². The number of nitrogen functional groups attached to an aromatic ring is 1. The third-order valence-corrected chi connectivity index (χ3v) is 6.18. The number of carbonyl (C=O) groups is 1. The molecular formula is C24H25ClN4O3S. The second kappa shape index (κ2) is 9.64. The number of halogens is 1. The van der Waals surface area contributed by atoms with E-state index in [1.807, 2.05) is 49.4 Å². The van der Waals surface area contributed by atoms with Crippen molar-refractivity contribution in [1.82, 2.24) is 4.98 Å². The van der Waals surface area contributed by atoms with E-state index < -0.39 is 15.9 Å². The highest BCUT2D eigenvalue weighted by molar-refractivity contribution is 7.92. The molecule has 7 nitrogen and oxygen atoms in total. The summed E-state index contributed by atoms with van der Waals surface area (Å²) in [5, 5.41) is 5.30. The Balaban J connectivity index is 0.00000306. The minimum atomic E-state index is -3.73. The molecule has 1 aromatic heterocycles. The molecule has 0 aliphatic rings. The Morgan fingerprint density at radius 2 is 1.67 bits per heavy atom. The Kier molecular flexibility index (Phi) is 7.09. The second-order valence-corrected chi connectivity index (χ2v) is 9.45. The molecule has 3 N–H and O–H groups in total. The molecule has 0 aliphatic carbocycles. The maximum atomic E-state index is 12.4. The van der Waals surface area contributed by atoms with Gasteiger partial charge in [-0.3, -0.25) is 4.79 Å². The van der Waals surface area contributed by atoms with E-state index in [2.05, 4.69) is 5.32 Å². The standard InChI is InChI=1S/C24H24N4O3S.ClH/c1-3-6-23(29)28(32(2,30)31)18-12-10-17(11-13-18)26-24-19-7-4-5-8-21(19)27-22-15-16(25)9-14-20(22)24;/h4-5,7-15H,3,6,25H2,1-2H3,(H,26,27);1H. The van der Waals surface area contributed by atoms with Gasteiger partial charge in [0.2, 0.25) is 15.9 Å². The zero-order chi connectivity index (χ0) is 22.9. The van der Waals surface area contributed by atoms with E-state index in [1.54, 1.807) is 24.3 Å². The van der Waals surface area contributed by atoms with Crippen molar-refractivity contribution >= 4 is 72.9 Å². The van der Waals surface area contributed by atoms with Crippen molar-refractivity contribution in [2.45, 2.75) is 19.8 Å². The predicted molar refractivity (Wildman–Crippen MR) is 138 cm³/mol. The summed E-state index contributed by atoms with van der Waals surface area (Å²) in [5.41, 5.74) is 10.1. The maximum Gasteiger partial charge on any atom is 0.240 e. The van der Waals surface area contributed by atoms with Gasteiger partial charge in [0.05, 0.1) is 28.7 Å². The number of nitrogens with one attached hydrogen (secondary N) is 1. The Morgan fingerprint density at radius 3 is 2.33 bits per heavy atom. The number of aromatic nitrogens is 1. The van der Waals surface area contributed by atoms with Gasteiger partial charge in [-0.05, 0) is 55.0 Å². The van der Waals surface area contributed by atoms with Gasteiger partial charge in [0.25, 0.3) is 0 Å². The minimum Gasteiger partial charge on any atom is -0.399 e. The van der Waals surface area contributed by atoms with Crippen LogP contribution in [0.5, 0.6) is 0 Å². The smallest absolute Gasteiger partial charge is 0.240 e. The fourth-order valence-corrected chi connectivity index (χ4v) is 4.67. The van der Waals surface area contributed by atoms with Crippen molar-refractivity contribution in [2.75, 3.05) is 21.6 Å². The highest BCUT2D eigenvalue weighted by Crippen LogP contribution is 2.34. The van der Waals surface area contributed by atoms with Crippen LogP contribution in [0.25, 0.3) is 21.8 Å². The fraction of sp³-hybridized carbons (Fsp3) is 0.167. The van der Waals surface area contributed by atoms with Crippen LogP contribution >= 0.6 is 12.4 Å². The number of para-hydroxylation sites is 1. The zero-order valence-corrected chi connectivity index (χ0v) is 19.9. The molecule has 1 amide bonds. The van der Waals surface area contributed by atoms with E-state index in [1.165, 1.54) is 0 Å². The van der Waals surface area contributed by atoms with Crippen LogP contribution in [0.4, 0.5) is 22.7 Å².